The molecule has 0 saturated heterocycles. The second-order valence-corrected chi connectivity index (χ2v) is 6.00. The first-order chi connectivity index (χ1) is 6.49. The van der Waals surface area contributed by atoms with E-state index in [4.69, 9.17) is 4.74 Å². The molecule has 0 N–H and O–H groups in total. The summed E-state index contributed by atoms with van der Waals surface area (Å²) in [6, 6.07) is 0. The van der Waals surface area contributed by atoms with Gasteiger partial charge in [0.25, 0.3) is 10.1 Å². The van der Waals surface area contributed by atoms with Crippen molar-refractivity contribution in [3.8, 4) is 0 Å². The lowest BCUT2D eigenvalue weighted by Crippen LogP contribution is -2.27. The second kappa shape index (κ2) is 4.94. The molecule has 0 aliphatic carbocycles. The van der Waals surface area contributed by atoms with Gasteiger partial charge in [0, 0.05) is 0 Å². The molecule has 0 amide bonds. The Bertz CT molecular complexity index is 312. The summed E-state index contributed by atoms with van der Waals surface area (Å²) >= 11 is 0. The number of hydrogen-bond donors (Lipinski definition) is 0. The fraction of sp³-hybridized carbons (Fsp3) is 0.889. The Kier molecular flexibility index (Phi) is 4.73. The van der Waals surface area contributed by atoms with Gasteiger partial charge in [-0.3, -0.25) is 8.98 Å². The molecule has 6 heteroatoms. The SMILES string of the molecule is CC(CC(=O)OC(C)(C)C)OS(C)(=O)=O. The van der Waals surface area contributed by atoms with Gasteiger partial charge in [0.05, 0.1) is 18.8 Å². The third-order valence-corrected chi connectivity index (χ3v) is 1.89. The van der Waals surface area contributed by atoms with Crippen LogP contribution in [0, 0.1) is 0 Å². The standard InChI is InChI=1S/C9H18O5S/c1-7(14-15(5,11)12)6-8(10)13-9(2,3)4/h7H,6H2,1-5H3. The summed E-state index contributed by atoms with van der Waals surface area (Å²) in [6.07, 6.45) is 0.165. The van der Waals surface area contributed by atoms with Crippen LogP contribution in [0.3, 0.4) is 0 Å². The van der Waals surface area contributed by atoms with Gasteiger partial charge in [0.15, 0.2) is 0 Å². The zero-order chi connectivity index (χ0) is 12.3. The lowest BCUT2D eigenvalue weighted by atomic mass is 10.2. The monoisotopic (exact) mass is 238 g/mol. The van der Waals surface area contributed by atoms with Crippen molar-refractivity contribution in [2.45, 2.75) is 45.8 Å². The molecule has 0 aromatic rings. The van der Waals surface area contributed by atoms with Crippen molar-refractivity contribution in [3.63, 3.8) is 0 Å². The number of hydrogen-bond acceptors (Lipinski definition) is 5. The van der Waals surface area contributed by atoms with Crippen molar-refractivity contribution >= 4 is 16.1 Å². The Labute approximate surface area is 90.9 Å². The van der Waals surface area contributed by atoms with Crippen molar-refractivity contribution in [2.24, 2.45) is 0 Å². The molecule has 1 unspecified atom stereocenters. The van der Waals surface area contributed by atoms with Gasteiger partial charge in [-0.1, -0.05) is 0 Å². The van der Waals surface area contributed by atoms with Gasteiger partial charge in [-0.15, -0.1) is 0 Å². The summed E-state index contributed by atoms with van der Waals surface area (Å²) in [4.78, 5) is 11.3. The second-order valence-electron chi connectivity index (χ2n) is 4.40. The summed E-state index contributed by atoms with van der Waals surface area (Å²) in [5.74, 6) is -0.473. The molecule has 0 fully saturated rings. The molecular weight excluding hydrogens is 220 g/mol. The number of carbonyl (C=O) groups is 1. The first-order valence-corrected chi connectivity index (χ1v) is 6.41. The molecule has 0 radical (unpaired) electrons. The van der Waals surface area contributed by atoms with Crippen LogP contribution in [0.2, 0.25) is 0 Å². The molecule has 0 bridgehead atoms. The third-order valence-electron chi connectivity index (χ3n) is 1.21. The minimum absolute atomic E-state index is 0.0790. The average Bonchev–Trinajstić information content (AvgIpc) is 1.73. The van der Waals surface area contributed by atoms with Gasteiger partial charge in [0.1, 0.15) is 5.60 Å². The van der Waals surface area contributed by atoms with E-state index in [0.717, 1.165) is 6.26 Å². The smallest absolute Gasteiger partial charge is 0.308 e. The van der Waals surface area contributed by atoms with E-state index in [1.54, 1.807) is 20.8 Å². The van der Waals surface area contributed by atoms with Crippen LogP contribution in [-0.4, -0.2) is 32.3 Å². The van der Waals surface area contributed by atoms with Gasteiger partial charge in [-0.05, 0) is 27.7 Å². The van der Waals surface area contributed by atoms with E-state index < -0.39 is 27.8 Å². The molecule has 15 heavy (non-hydrogen) atoms. The molecule has 0 aliphatic rings. The normalized spacial score (nSPS) is 14.7. The minimum atomic E-state index is -3.52. The molecule has 0 aliphatic heterocycles. The van der Waals surface area contributed by atoms with Crippen molar-refractivity contribution in [3.05, 3.63) is 0 Å². The van der Waals surface area contributed by atoms with E-state index in [-0.39, 0.29) is 6.42 Å². The van der Waals surface area contributed by atoms with Gasteiger partial charge in [-0.2, -0.15) is 8.42 Å². The molecule has 5 nitrogen and oxygen atoms in total. The molecular formula is C9H18O5S. The maximum atomic E-state index is 11.3. The topological polar surface area (TPSA) is 69.7 Å². The van der Waals surface area contributed by atoms with E-state index in [0.29, 0.717) is 0 Å². The number of carbonyl (C=O) groups excluding carboxylic acids is 1. The van der Waals surface area contributed by atoms with Crippen LogP contribution in [0.1, 0.15) is 34.1 Å². The van der Waals surface area contributed by atoms with Crippen LogP contribution in [0.4, 0.5) is 0 Å². The van der Waals surface area contributed by atoms with Crippen molar-refractivity contribution in [1.82, 2.24) is 0 Å². The Morgan fingerprint density at radius 2 is 1.80 bits per heavy atom. The summed E-state index contributed by atoms with van der Waals surface area (Å²) in [6.45, 7) is 6.73. The quantitative estimate of drug-likeness (QED) is 0.541. The highest BCUT2D eigenvalue weighted by molar-refractivity contribution is 7.86. The predicted octanol–water partition coefficient (Wildman–Crippen LogP) is 1.08. The molecule has 0 saturated carbocycles. The van der Waals surface area contributed by atoms with Gasteiger partial charge < -0.3 is 4.74 Å². The highest BCUT2D eigenvalue weighted by atomic mass is 32.2. The van der Waals surface area contributed by atoms with Gasteiger partial charge in [0.2, 0.25) is 0 Å². The first kappa shape index (κ1) is 14.4. The van der Waals surface area contributed by atoms with E-state index in [2.05, 4.69) is 4.18 Å². The number of rotatable bonds is 4. The zero-order valence-corrected chi connectivity index (χ0v) is 10.6. The molecule has 0 aromatic heterocycles. The van der Waals surface area contributed by atoms with Crippen molar-refractivity contribution in [1.29, 1.82) is 0 Å². The highest BCUT2D eigenvalue weighted by Crippen LogP contribution is 2.11. The van der Waals surface area contributed by atoms with Crippen LogP contribution in [0.5, 0.6) is 0 Å². The van der Waals surface area contributed by atoms with Crippen LogP contribution < -0.4 is 0 Å². The van der Waals surface area contributed by atoms with Crippen LogP contribution >= 0.6 is 0 Å². The zero-order valence-electron chi connectivity index (χ0n) is 9.73. The van der Waals surface area contributed by atoms with Crippen LogP contribution in [-0.2, 0) is 23.8 Å². The number of esters is 1. The number of ether oxygens (including phenoxy) is 1. The van der Waals surface area contributed by atoms with Crippen LogP contribution in [0.15, 0.2) is 0 Å². The van der Waals surface area contributed by atoms with Gasteiger partial charge >= 0.3 is 5.97 Å². The van der Waals surface area contributed by atoms with Gasteiger partial charge in [-0.25, -0.2) is 0 Å². The third kappa shape index (κ3) is 9.68. The Hall–Kier alpha value is -0.620. The lowest BCUT2D eigenvalue weighted by Gasteiger charge is -2.20. The Balaban J connectivity index is 4.09. The van der Waals surface area contributed by atoms with E-state index in [1.807, 2.05) is 0 Å². The molecule has 0 heterocycles. The maximum absolute atomic E-state index is 11.3. The predicted molar refractivity (Wildman–Crippen MR) is 55.9 cm³/mol. The molecule has 0 spiro atoms. The van der Waals surface area contributed by atoms with E-state index in [9.17, 15) is 13.2 Å². The average molecular weight is 238 g/mol. The fourth-order valence-electron chi connectivity index (χ4n) is 0.950. The summed E-state index contributed by atoms with van der Waals surface area (Å²) < 4.78 is 31.1. The van der Waals surface area contributed by atoms with E-state index >= 15 is 0 Å². The molecule has 0 rings (SSSR count). The first-order valence-electron chi connectivity index (χ1n) is 4.60. The molecule has 1 atom stereocenters. The Morgan fingerprint density at radius 3 is 2.13 bits per heavy atom. The molecule has 90 valence electrons. The summed E-state index contributed by atoms with van der Waals surface area (Å²) in [5.41, 5.74) is -0.568. The van der Waals surface area contributed by atoms with Crippen molar-refractivity contribution < 1.29 is 22.1 Å². The minimum Gasteiger partial charge on any atom is -0.460 e. The summed E-state index contributed by atoms with van der Waals surface area (Å²) in [7, 11) is -3.52. The van der Waals surface area contributed by atoms with E-state index in [1.165, 1.54) is 6.92 Å². The maximum Gasteiger partial charge on any atom is 0.308 e. The highest BCUT2D eigenvalue weighted by Gasteiger charge is 2.20. The molecule has 0 aromatic carbocycles. The largest absolute Gasteiger partial charge is 0.460 e. The van der Waals surface area contributed by atoms with Crippen molar-refractivity contribution in [2.75, 3.05) is 6.26 Å². The summed E-state index contributed by atoms with van der Waals surface area (Å²) in [5, 5.41) is 0. The lowest BCUT2D eigenvalue weighted by molar-refractivity contribution is -0.156. The Morgan fingerprint density at radius 1 is 1.33 bits per heavy atom. The van der Waals surface area contributed by atoms with Crippen LogP contribution in [0.25, 0.3) is 0 Å². The fourth-order valence-corrected chi connectivity index (χ4v) is 1.62.